The Bertz CT molecular complexity index is 2420. The van der Waals surface area contributed by atoms with Crippen LogP contribution in [0.5, 0.6) is 0 Å². The first-order valence-corrected chi connectivity index (χ1v) is 34.3. The molecule has 6 N–H and O–H groups in total. The third kappa shape index (κ3) is 10.0. The molecule has 14 rings (SSSR count). The molecule has 0 aromatic heterocycles. The van der Waals surface area contributed by atoms with E-state index < -0.39 is 23.8 Å². The van der Waals surface area contributed by atoms with E-state index in [2.05, 4.69) is 117 Å². The highest BCUT2D eigenvalue weighted by atomic mass is 35.5. The zero-order valence-electron chi connectivity index (χ0n) is 54.0. The molecule has 14 fully saturated rings. The van der Waals surface area contributed by atoms with Crippen LogP contribution in [-0.2, 0) is 18.9 Å². The molecule has 2 aliphatic heterocycles. The maximum atomic E-state index is 11.1. The van der Waals surface area contributed by atoms with Gasteiger partial charge in [-0.25, -0.2) is 0 Å². The molecule has 12 aliphatic carbocycles. The summed E-state index contributed by atoms with van der Waals surface area (Å²) >= 11 is 0. The van der Waals surface area contributed by atoms with E-state index >= 15 is 0 Å². The van der Waals surface area contributed by atoms with Gasteiger partial charge in [-0.15, -0.1) is 32.1 Å². The molecule has 0 spiro atoms. The normalized spacial score (nSPS) is 55.8. The number of ether oxygens (including phenoxy) is 4. The maximum absolute atomic E-state index is 11.1. The standard InChI is InChI=1S/C24H37N3O2.C24H39NO2.C21H35NO2.C2H6.ClH/c1-6-14-7-8-16-19-17(10-12-23(14,16)4)24(5)11-9-15(26-27-25)13-18(24)20-21(19)29-22(2,3)28-20;1-6-14-7-8-16-19-17(10-12-23(14,16)4)24(5)11-9-15(25)13-18(24)20-21(19)27-22(2,3)26-20;1-4-12-5-6-14-17-15(8-10-20(12,14)2)21(3)9-7-13(22)11-16(21)18(23)19(17)24;1-2;/h6,14-21H,1,7-13H2,2-5H3;6,14-21H,1,7-13,25H2,2-5H3;4,12-19,23-24H,1,5-11,22H2,2-3H3;1-2H3;1H/t2*14-,15-,16?,17?,18?,19?,20+,21+,23+,24+;12-,13-,14?,15?,16?,17?,18+,19+,20+,21+;;/m000../s1. The van der Waals surface area contributed by atoms with Crippen molar-refractivity contribution in [1.29, 1.82) is 0 Å². The molecule has 12 saturated carbocycles. The lowest BCUT2D eigenvalue weighted by Crippen LogP contribution is -2.64. The number of hydrogen-bond acceptors (Lipinski definition) is 9. The fourth-order valence-electron chi connectivity index (χ4n) is 25.1. The number of aliphatic hydroxyl groups excluding tert-OH is 2. The molecule has 14 aliphatic rings. The Morgan fingerprint density at radius 2 is 0.747 bits per heavy atom. The van der Waals surface area contributed by atoms with E-state index in [0.29, 0.717) is 87.4 Å². The minimum absolute atomic E-state index is 0. The Labute approximate surface area is 509 Å². The highest BCUT2D eigenvalue weighted by Gasteiger charge is 2.71. The van der Waals surface area contributed by atoms with Crippen molar-refractivity contribution in [2.45, 2.75) is 284 Å². The van der Waals surface area contributed by atoms with Gasteiger partial charge in [0.25, 0.3) is 0 Å². The smallest absolute Gasteiger partial charge is 0.163 e. The van der Waals surface area contributed by atoms with E-state index in [9.17, 15) is 10.2 Å². The van der Waals surface area contributed by atoms with Gasteiger partial charge in [0.15, 0.2) is 11.6 Å². The molecule has 0 aromatic rings. The minimum Gasteiger partial charge on any atom is -0.390 e. The zero-order chi connectivity index (χ0) is 59.1. The Balaban J connectivity index is 0.000000137. The molecule has 11 nitrogen and oxygen atoms in total. The van der Waals surface area contributed by atoms with Crippen molar-refractivity contribution < 1.29 is 29.2 Å². The lowest BCUT2D eigenvalue weighted by Gasteiger charge is -2.63. The van der Waals surface area contributed by atoms with Crippen molar-refractivity contribution >= 4 is 12.4 Å². The number of rotatable bonds is 4. The van der Waals surface area contributed by atoms with E-state index in [0.717, 1.165) is 56.8 Å². The number of nitrogens with two attached hydrogens (primary N) is 2. The second-order valence-electron chi connectivity index (χ2n) is 32.9. The molecular weight excluding hydrogens is 1050 g/mol. The summed E-state index contributed by atoms with van der Waals surface area (Å²) in [7, 11) is 0. The number of aliphatic hydroxyl groups is 2. The van der Waals surface area contributed by atoms with Crippen LogP contribution >= 0.6 is 12.4 Å². The summed E-state index contributed by atoms with van der Waals surface area (Å²) in [4.78, 5) is 3.13. The molecule has 0 radical (unpaired) electrons. The Hall–Kier alpha value is -1.50. The van der Waals surface area contributed by atoms with Gasteiger partial charge in [0.1, 0.15) is 0 Å². The van der Waals surface area contributed by atoms with Crippen molar-refractivity contribution in [3.8, 4) is 0 Å². The van der Waals surface area contributed by atoms with E-state index in [1.807, 2.05) is 13.8 Å². The zero-order valence-corrected chi connectivity index (χ0v) is 54.8. The molecule has 0 bridgehead atoms. The van der Waals surface area contributed by atoms with Crippen LogP contribution in [0.2, 0.25) is 0 Å². The molecule has 12 unspecified atom stereocenters. The van der Waals surface area contributed by atoms with Crippen LogP contribution in [0.3, 0.4) is 0 Å². The SMILES string of the molecule is C=C[C@H]1CCC2C3C(CC[C@@]21C)[C@@]1(C)CC[C@H](N)CC1[C@@H](O)[C@@H]3O.C=C[C@H]1CCC2C3C(CC[C@@]21C)[C@@]1(C)CC[C@H](N)CC1[C@H]1OC(C)(C)O[C@H]31.C=C[C@H]1CCC2C3C(CC[C@@]21C)[C@@]1(C)CC[C@H](N=[N+]=[N-])CC1[C@H]1OC(C)(C)O[C@H]31.CC.Cl. The molecule has 0 amide bonds. The van der Waals surface area contributed by atoms with Crippen LogP contribution in [-0.4, -0.2) is 76.5 Å². The summed E-state index contributed by atoms with van der Waals surface area (Å²) in [5.74, 6) is 7.42. The van der Waals surface area contributed by atoms with Crippen LogP contribution in [0.25, 0.3) is 10.4 Å². The second kappa shape index (κ2) is 23.1. The van der Waals surface area contributed by atoms with Crippen molar-refractivity contribution in [3.05, 3.63) is 48.4 Å². The summed E-state index contributed by atoms with van der Waals surface area (Å²) < 4.78 is 26.6. The van der Waals surface area contributed by atoms with Crippen molar-refractivity contribution in [1.82, 2.24) is 0 Å². The van der Waals surface area contributed by atoms with Crippen molar-refractivity contribution in [2.24, 2.45) is 138 Å². The Morgan fingerprint density at radius 3 is 1.16 bits per heavy atom. The van der Waals surface area contributed by atoms with Crippen LogP contribution < -0.4 is 11.5 Å². The first kappa shape index (κ1) is 64.5. The van der Waals surface area contributed by atoms with Gasteiger partial charge in [-0.05, 0) is 289 Å². The number of fused-ring (bicyclic) bond motifs is 21. The lowest BCUT2D eigenvalue weighted by atomic mass is 9.43. The van der Waals surface area contributed by atoms with Crippen LogP contribution in [0.4, 0.5) is 0 Å². The van der Waals surface area contributed by atoms with E-state index in [4.69, 9.17) is 35.9 Å². The van der Waals surface area contributed by atoms with Gasteiger partial charge in [-0.1, -0.05) is 78.7 Å². The van der Waals surface area contributed by atoms with Gasteiger partial charge in [0.05, 0.1) is 36.6 Å². The molecule has 83 heavy (non-hydrogen) atoms. The molecule has 0 aromatic carbocycles. The van der Waals surface area contributed by atoms with Crippen LogP contribution in [0.1, 0.15) is 218 Å². The van der Waals surface area contributed by atoms with Gasteiger partial charge < -0.3 is 40.6 Å². The summed E-state index contributed by atoms with van der Waals surface area (Å²) in [6.45, 7) is 39.8. The number of azide groups is 1. The first-order valence-electron chi connectivity index (χ1n) is 34.3. The summed E-state index contributed by atoms with van der Waals surface area (Å²) in [5, 5.41) is 26.2. The fourth-order valence-corrected chi connectivity index (χ4v) is 25.1. The van der Waals surface area contributed by atoms with Gasteiger partial charge in [-0.3, -0.25) is 0 Å². The molecule has 2 heterocycles. The van der Waals surface area contributed by atoms with Crippen molar-refractivity contribution in [3.63, 3.8) is 0 Å². The predicted molar refractivity (Wildman–Crippen MR) is 336 cm³/mol. The third-order valence-corrected chi connectivity index (χ3v) is 29.2. The molecule has 30 atom stereocenters. The molecule has 2 saturated heterocycles. The second-order valence-corrected chi connectivity index (χ2v) is 32.9. The van der Waals surface area contributed by atoms with E-state index in [1.165, 1.54) is 89.9 Å². The van der Waals surface area contributed by atoms with E-state index in [-0.39, 0.29) is 77.0 Å². The first-order chi connectivity index (χ1) is 38.8. The number of allylic oxidation sites excluding steroid dienone is 3. The number of nitrogens with zero attached hydrogens (tertiary/aromatic N) is 3. The van der Waals surface area contributed by atoms with Gasteiger partial charge in [0, 0.05) is 23.0 Å². The van der Waals surface area contributed by atoms with Gasteiger partial charge in [-0.2, -0.15) is 0 Å². The summed E-state index contributed by atoms with van der Waals surface area (Å²) in [5.41, 5.74) is 23.5. The molecular formula is C71H118ClN5O6. The number of hydrogen-bond donors (Lipinski definition) is 4. The largest absolute Gasteiger partial charge is 0.390 e. The van der Waals surface area contributed by atoms with Crippen molar-refractivity contribution in [2.75, 3.05) is 0 Å². The highest BCUT2D eigenvalue weighted by molar-refractivity contribution is 5.85. The van der Waals surface area contributed by atoms with Crippen LogP contribution in [0, 0.1) is 121 Å². The van der Waals surface area contributed by atoms with Gasteiger partial charge in [0.2, 0.25) is 0 Å². The molecule has 12 heteroatoms. The minimum atomic E-state index is -0.604. The number of halogens is 1. The topological polar surface area (TPSA) is 178 Å². The lowest BCUT2D eigenvalue weighted by molar-refractivity contribution is -0.214. The quantitative estimate of drug-likeness (QED) is 0.0930. The monoisotopic (exact) mass is 1170 g/mol. The maximum Gasteiger partial charge on any atom is 0.163 e. The highest BCUT2D eigenvalue weighted by Crippen LogP contribution is 2.73. The average molecular weight is 1170 g/mol. The Kier molecular flexibility index (Phi) is 17.9. The predicted octanol–water partition coefficient (Wildman–Crippen LogP) is 15.7. The summed E-state index contributed by atoms with van der Waals surface area (Å²) in [6.07, 6.45) is 31.2. The van der Waals surface area contributed by atoms with Gasteiger partial charge >= 0.3 is 0 Å². The Morgan fingerprint density at radius 1 is 0.422 bits per heavy atom. The van der Waals surface area contributed by atoms with Crippen LogP contribution in [0.15, 0.2) is 43.1 Å². The van der Waals surface area contributed by atoms with E-state index in [1.54, 1.807) is 0 Å². The third-order valence-electron chi connectivity index (χ3n) is 29.2. The fraction of sp³-hybridized carbons (Fsp3) is 0.915. The summed E-state index contributed by atoms with van der Waals surface area (Å²) in [6, 6.07) is 0.623. The molecule has 470 valence electrons. The average Bonchev–Trinajstić information content (AvgIpc) is 4.22.